The summed E-state index contributed by atoms with van der Waals surface area (Å²) in [5.74, 6) is 0.849. The minimum Gasteiger partial charge on any atom is -0.486 e. The first-order chi connectivity index (χ1) is 13.7. The smallest absolute Gasteiger partial charge is 0.273 e. The van der Waals surface area contributed by atoms with Gasteiger partial charge in [-0.1, -0.05) is 11.2 Å². The van der Waals surface area contributed by atoms with Gasteiger partial charge in [0.25, 0.3) is 5.91 Å². The molecule has 1 aromatic carbocycles. The van der Waals surface area contributed by atoms with Gasteiger partial charge in [0.2, 0.25) is 0 Å². The second-order valence-corrected chi connectivity index (χ2v) is 6.21. The summed E-state index contributed by atoms with van der Waals surface area (Å²) in [4.78, 5) is 16.5. The molecule has 8 nitrogen and oxygen atoms in total. The highest BCUT2D eigenvalue weighted by molar-refractivity contribution is 5.92. The lowest BCUT2D eigenvalue weighted by molar-refractivity contribution is 0.0941. The number of aryl methyl sites for hydroxylation is 1. The van der Waals surface area contributed by atoms with Gasteiger partial charge in [-0.05, 0) is 31.2 Å². The van der Waals surface area contributed by atoms with E-state index in [0.717, 1.165) is 23.0 Å². The van der Waals surface area contributed by atoms with Crippen LogP contribution in [0.15, 0.2) is 59.5 Å². The number of pyridine rings is 1. The van der Waals surface area contributed by atoms with Gasteiger partial charge in [-0.3, -0.25) is 14.5 Å². The summed E-state index contributed by atoms with van der Waals surface area (Å²) in [6.45, 7) is 3.34. The second kappa shape index (κ2) is 7.91. The molecule has 0 saturated carbocycles. The van der Waals surface area contributed by atoms with E-state index < -0.39 is 0 Å². The van der Waals surface area contributed by atoms with Crippen molar-refractivity contribution in [2.75, 3.05) is 0 Å². The Morgan fingerprint density at radius 1 is 1.29 bits per heavy atom. The van der Waals surface area contributed by atoms with E-state index in [0.29, 0.717) is 18.1 Å². The maximum absolute atomic E-state index is 12.2. The lowest BCUT2D eigenvalue weighted by atomic mass is 10.2. The van der Waals surface area contributed by atoms with Crippen molar-refractivity contribution in [1.82, 2.24) is 25.2 Å². The Morgan fingerprint density at radius 3 is 3.07 bits per heavy atom. The number of nitrogens with one attached hydrogen (secondary N) is 1. The maximum Gasteiger partial charge on any atom is 0.273 e. The van der Waals surface area contributed by atoms with E-state index in [2.05, 4.69) is 20.6 Å². The number of benzene rings is 1. The van der Waals surface area contributed by atoms with Gasteiger partial charge in [0.15, 0.2) is 11.5 Å². The molecule has 4 rings (SSSR count). The first kappa shape index (κ1) is 17.7. The SMILES string of the molecule is CCn1cc(CNC(=O)c2cc(COc3ccc4ncccc4c3)on2)cn1. The van der Waals surface area contributed by atoms with Crippen LogP contribution in [-0.4, -0.2) is 25.8 Å². The summed E-state index contributed by atoms with van der Waals surface area (Å²) >= 11 is 0. The highest BCUT2D eigenvalue weighted by Gasteiger charge is 2.13. The molecule has 142 valence electrons. The lowest BCUT2D eigenvalue weighted by Gasteiger charge is -2.04. The first-order valence-electron chi connectivity index (χ1n) is 8.94. The lowest BCUT2D eigenvalue weighted by Crippen LogP contribution is -2.22. The summed E-state index contributed by atoms with van der Waals surface area (Å²) in [6, 6.07) is 11.1. The van der Waals surface area contributed by atoms with Gasteiger partial charge in [0, 0.05) is 42.5 Å². The third-order valence-electron chi connectivity index (χ3n) is 4.21. The molecule has 0 spiro atoms. The van der Waals surface area contributed by atoms with Crippen molar-refractivity contribution in [2.45, 2.75) is 26.6 Å². The summed E-state index contributed by atoms with van der Waals surface area (Å²) in [6.07, 6.45) is 5.37. The Hall–Kier alpha value is -3.68. The molecule has 0 radical (unpaired) electrons. The molecule has 0 aliphatic carbocycles. The molecule has 28 heavy (non-hydrogen) atoms. The minimum absolute atomic E-state index is 0.176. The number of carbonyl (C=O) groups excluding carboxylic acids is 1. The predicted octanol–water partition coefficient (Wildman–Crippen LogP) is 2.95. The van der Waals surface area contributed by atoms with Gasteiger partial charge < -0.3 is 14.6 Å². The van der Waals surface area contributed by atoms with Crippen LogP contribution in [0.5, 0.6) is 5.75 Å². The fourth-order valence-electron chi connectivity index (χ4n) is 2.73. The quantitative estimate of drug-likeness (QED) is 0.532. The normalized spacial score (nSPS) is 10.9. The van der Waals surface area contributed by atoms with Crippen molar-refractivity contribution in [2.24, 2.45) is 0 Å². The molecule has 0 bridgehead atoms. The number of nitrogens with zero attached hydrogens (tertiary/aromatic N) is 4. The van der Waals surface area contributed by atoms with Crippen LogP contribution >= 0.6 is 0 Å². The van der Waals surface area contributed by atoms with Crippen molar-refractivity contribution in [3.63, 3.8) is 0 Å². The van der Waals surface area contributed by atoms with E-state index in [1.165, 1.54) is 0 Å². The van der Waals surface area contributed by atoms with E-state index in [9.17, 15) is 4.79 Å². The molecule has 0 saturated heterocycles. The standard InChI is InChI=1S/C20H19N5O3/c1-2-25-12-14(11-23-25)10-22-20(26)19-9-17(28-24-19)13-27-16-5-6-18-15(8-16)4-3-7-21-18/h3-9,11-12H,2,10,13H2,1H3,(H,22,26). The number of hydrogen-bond acceptors (Lipinski definition) is 6. The Kier molecular flexibility index (Phi) is 5.01. The molecule has 0 unspecified atom stereocenters. The number of aromatic nitrogens is 4. The average Bonchev–Trinajstić information content (AvgIpc) is 3.40. The van der Waals surface area contributed by atoms with Crippen molar-refractivity contribution >= 4 is 16.8 Å². The zero-order valence-corrected chi connectivity index (χ0v) is 15.3. The predicted molar refractivity (Wildman–Crippen MR) is 102 cm³/mol. The van der Waals surface area contributed by atoms with Crippen molar-refractivity contribution in [1.29, 1.82) is 0 Å². The van der Waals surface area contributed by atoms with Gasteiger partial charge >= 0.3 is 0 Å². The molecule has 3 heterocycles. The molecular weight excluding hydrogens is 358 g/mol. The fraction of sp³-hybridized carbons (Fsp3) is 0.200. The van der Waals surface area contributed by atoms with Crippen LogP contribution in [-0.2, 0) is 19.7 Å². The molecule has 8 heteroatoms. The number of hydrogen-bond donors (Lipinski definition) is 1. The topological polar surface area (TPSA) is 95.1 Å². The minimum atomic E-state index is -0.309. The van der Waals surface area contributed by atoms with Crippen LogP contribution in [0.2, 0.25) is 0 Å². The van der Waals surface area contributed by atoms with Crippen molar-refractivity contribution in [3.05, 3.63) is 72.0 Å². The number of ether oxygens (including phenoxy) is 1. The molecule has 0 aliphatic rings. The highest BCUT2D eigenvalue weighted by Crippen LogP contribution is 2.20. The van der Waals surface area contributed by atoms with Crippen LogP contribution in [0.4, 0.5) is 0 Å². The van der Waals surface area contributed by atoms with E-state index in [-0.39, 0.29) is 18.2 Å². The molecule has 0 aliphatic heterocycles. The Labute approximate surface area is 161 Å². The Morgan fingerprint density at radius 2 is 2.21 bits per heavy atom. The van der Waals surface area contributed by atoms with E-state index in [1.54, 1.807) is 23.1 Å². The summed E-state index contributed by atoms with van der Waals surface area (Å²) in [5, 5.41) is 11.8. The number of carbonyl (C=O) groups is 1. The zero-order valence-electron chi connectivity index (χ0n) is 15.3. The summed E-state index contributed by atoms with van der Waals surface area (Å²) in [7, 11) is 0. The average molecular weight is 377 g/mol. The van der Waals surface area contributed by atoms with Gasteiger partial charge in [-0.2, -0.15) is 5.10 Å². The van der Waals surface area contributed by atoms with Crippen LogP contribution in [0, 0.1) is 0 Å². The summed E-state index contributed by atoms with van der Waals surface area (Å²) < 4.78 is 12.7. The molecule has 0 atom stereocenters. The van der Waals surface area contributed by atoms with Gasteiger partial charge in [0.05, 0.1) is 11.7 Å². The Bertz CT molecular complexity index is 1100. The van der Waals surface area contributed by atoms with E-state index >= 15 is 0 Å². The number of amides is 1. The third-order valence-corrected chi connectivity index (χ3v) is 4.21. The van der Waals surface area contributed by atoms with Gasteiger partial charge in [-0.15, -0.1) is 0 Å². The van der Waals surface area contributed by atoms with E-state index in [4.69, 9.17) is 9.26 Å². The molecule has 3 aromatic heterocycles. The molecule has 1 amide bonds. The Balaban J connectivity index is 1.33. The largest absolute Gasteiger partial charge is 0.486 e. The highest BCUT2D eigenvalue weighted by atomic mass is 16.5. The first-order valence-corrected chi connectivity index (χ1v) is 8.94. The molecule has 1 N–H and O–H groups in total. The third kappa shape index (κ3) is 4.01. The second-order valence-electron chi connectivity index (χ2n) is 6.21. The fourth-order valence-corrected chi connectivity index (χ4v) is 2.73. The summed E-state index contributed by atoms with van der Waals surface area (Å²) in [5.41, 5.74) is 2.04. The zero-order chi connectivity index (χ0) is 19.3. The van der Waals surface area contributed by atoms with E-state index in [1.807, 2.05) is 43.5 Å². The van der Waals surface area contributed by atoms with Gasteiger partial charge in [0.1, 0.15) is 12.4 Å². The molecule has 0 fully saturated rings. The van der Waals surface area contributed by atoms with Crippen LogP contribution < -0.4 is 10.1 Å². The maximum atomic E-state index is 12.2. The van der Waals surface area contributed by atoms with Crippen molar-refractivity contribution in [3.8, 4) is 5.75 Å². The number of rotatable bonds is 7. The van der Waals surface area contributed by atoms with Crippen LogP contribution in [0.1, 0.15) is 28.7 Å². The molecular formula is C20H19N5O3. The molecule has 4 aromatic rings. The number of fused-ring (bicyclic) bond motifs is 1. The van der Waals surface area contributed by atoms with Crippen LogP contribution in [0.25, 0.3) is 10.9 Å². The van der Waals surface area contributed by atoms with Gasteiger partial charge in [-0.25, -0.2) is 0 Å². The monoisotopic (exact) mass is 377 g/mol. The van der Waals surface area contributed by atoms with Crippen LogP contribution in [0.3, 0.4) is 0 Å². The van der Waals surface area contributed by atoms with Crippen molar-refractivity contribution < 1.29 is 14.1 Å².